The average molecular weight is 318 g/mol. The Morgan fingerprint density at radius 3 is 2.50 bits per heavy atom. The molecule has 0 saturated carbocycles. The number of hydrogen-bond donors (Lipinski definition) is 1. The topological polar surface area (TPSA) is 63.2 Å². The van der Waals surface area contributed by atoms with Crippen molar-refractivity contribution in [3.05, 3.63) is 28.8 Å². The van der Waals surface area contributed by atoms with Crippen molar-refractivity contribution in [2.24, 2.45) is 0 Å². The molecule has 0 aliphatic heterocycles. The van der Waals surface area contributed by atoms with E-state index in [2.05, 4.69) is 0 Å². The molecule has 0 bridgehead atoms. The molecule has 1 aromatic carbocycles. The minimum Gasteiger partial charge on any atom is -0.346 e. The quantitative estimate of drug-likeness (QED) is 0.866. The number of amides is 1. The smallest absolute Gasteiger partial charge is 0.261 e. The minimum absolute atomic E-state index is 0.0640. The van der Waals surface area contributed by atoms with Gasteiger partial charge in [0.15, 0.2) is 0 Å². The van der Waals surface area contributed by atoms with Crippen LogP contribution in [0.25, 0.3) is 0 Å². The van der Waals surface area contributed by atoms with Crippen LogP contribution in [0.2, 0.25) is 5.02 Å². The SMILES string of the molecule is O=C(NCC(F)F)c1cc(S(=O)(=O)Cl)ccc1Cl. The van der Waals surface area contributed by atoms with Gasteiger partial charge in [0.1, 0.15) is 0 Å². The number of benzene rings is 1. The van der Waals surface area contributed by atoms with Crippen molar-refractivity contribution in [2.45, 2.75) is 11.3 Å². The van der Waals surface area contributed by atoms with Crippen LogP contribution in [-0.4, -0.2) is 27.3 Å². The summed E-state index contributed by atoms with van der Waals surface area (Å²) in [5.41, 5.74) is -0.237. The Morgan fingerprint density at radius 1 is 1.39 bits per heavy atom. The molecule has 0 saturated heterocycles. The van der Waals surface area contributed by atoms with Gasteiger partial charge < -0.3 is 5.32 Å². The fourth-order valence-electron chi connectivity index (χ4n) is 1.10. The summed E-state index contributed by atoms with van der Waals surface area (Å²) in [5, 5.41) is 1.84. The third-order valence-corrected chi connectivity index (χ3v) is 3.56. The lowest BCUT2D eigenvalue weighted by atomic mass is 10.2. The van der Waals surface area contributed by atoms with Crippen LogP contribution in [0.1, 0.15) is 10.4 Å². The van der Waals surface area contributed by atoms with Gasteiger partial charge in [-0.25, -0.2) is 17.2 Å². The second-order valence-corrected chi connectivity index (χ2v) is 6.15. The van der Waals surface area contributed by atoms with E-state index in [9.17, 15) is 22.0 Å². The van der Waals surface area contributed by atoms with Crippen LogP contribution in [0.5, 0.6) is 0 Å². The van der Waals surface area contributed by atoms with Gasteiger partial charge in [-0.15, -0.1) is 0 Å². The number of carbonyl (C=O) groups excluding carboxylic acids is 1. The van der Waals surface area contributed by atoms with Gasteiger partial charge in [-0.05, 0) is 18.2 Å². The van der Waals surface area contributed by atoms with E-state index in [0.29, 0.717) is 0 Å². The molecule has 0 unspecified atom stereocenters. The second-order valence-electron chi connectivity index (χ2n) is 3.18. The summed E-state index contributed by atoms with van der Waals surface area (Å²) in [6, 6.07) is 3.17. The maximum atomic E-state index is 11.9. The van der Waals surface area contributed by atoms with Crippen LogP contribution in [0.4, 0.5) is 8.78 Å². The molecule has 4 nitrogen and oxygen atoms in total. The van der Waals surface area contributed by atoms with Gasteiger partial charge >= 0.3 is 0 Å². The van der Waals surface area contributed by atoms with Gasteiger partial charge in [0.25, 0.3) is 21.4 Å². The van der Waals surface area contributed by atoms with Crippen LogP contribution in [0.3, 0.4) is 0 Å². The molecule has 0 aliphatic carbocycles. The van der Waals surface area contributed by atoms with Crippen LogP contribution >= 0.6 is 22.3 Å². The summed E-state index contributed by atoms with van der Waals surface area (Å²) < 4.78 is 45.9. The summed E-state index contributed by atoms with van der Waals surface area (Å²) in [6.45, 7) is -0.854. The molecule has 0 spiro atoms. The summed E-state index contributed by atoms with van der Waals surface area (Å²) in [6.07, 6.45) is -2.72. The number of alkyl halides is 2. The largest absolute Gasteiger partial charge is 0.346 e. The number of hydrogen-bond acceptors (Lipinski definition) is 3. The summed E-state index contributed by atoms with van der Waals surface area (Å²) in [5.74, 6) is -0.900. The van der Waals surface area contributed by atoms with Gasteiger partial charge in [0.2, 0.25) is 0 Å². The Morgan fingerprint density at radius 2 is 2.00 bits per heavy atom. The second kappa shape index (κ2) is 5.81. The van der Waals surface area contributed by atoms with Crippen LogP contribution in [0, 0.1) is 0 Å². The van der Waals surface area contributed by atoms with Crippen molar-refractivity contribution in [3.63, 3.8) is 0 Å². The first-order valence-corrected chi connectivity index (χ1v) is 7.21. The first-order chi connectivity index (χ1) is 8.21. The lowest BCUT2D eigenvalue weighted by Crippen LogP contribution is -2.28. The lowest BCUT2D eigenvalue weighted by Gasteiger charge is -2.07. The van der Waals surface area contributed by atoms with Crippen molar-refractivity contribution in [1.29, 1.82) is 0 Å². The zero-order valence-corrected chi connectivity index (χ0v) is 11.0. The van der Waals surface area contributed by atoms with Crippen LogP contribution in [-0.2, 0) is 9.05 Å². The van der Waals surface area contributed by atoms with Gasteiger partial charge in [0, 0.05) is 10.7 Å². The molecule has 9 heteroatoms. The highest BCUT2D eigenvalue weighted by Gasteiger charge is 2.17. The zero-order valence-electron chi connectivity index (χ0n) is 8.66. The third kappa shape index (κ3) is 4.08. The Kier molecular flexibility index (Phi) is 4.89. The van der Waals surface area contributed by atoms with Gasteiger partial charge in [-0.1, -0.05) is 11.6 Å². The highest BCUT2D eigenvalue weighted by Crippen LogP contribution is 2.22. The zero-order chi connectivity index (χ0) is 13.9. The number of rotatable bonds is 4. The molecule has 0 aliphatic rings. The summed E-state index contributed by atoms with van der Waals surface area (Å²) in [7, 11) is 1.07. The fraction of sp³-hybridized carbons (Fsp3) is 0.222. The van der Waals surface area contributed by atoms with Gasteiger partial charge in [-0.3, -0.25) is 4.79 Å². The van der Waals surface area contributed by atoms with Crippen molar-refractivity contribution in [3.8, 4) is 0 Å². The number of carbonyl (C=O) groups is 1. The van der Waals surface area contributed by atoms with E-state index >= 15 is 0 Å². The molecule has 0 aromatic heterocycles. The minimum atomic E-state index is -4.02. The summed E-state index contributed by atoms with van der Waals surface area (Å²) >= 11 is 5.67. The molecule has 1 rings (SSSR count). The maximum absolute atomic E-state index is 11.9. The normalized spacial score (nSPS) is 11.6. The number of nitrogens with one attached hydrogen (secondary N) is 1. The van der Waals surface area contributed by atoms with Gasteiger partial charge in [-0.2, -0.15) is 0 Å². The van der Waals surface area contributed by atoms with E-state index in [4.69, 9.17) is 22.3 Å². The van der Waals surface area contributed by atoms with E-state index in [1.54, 1.807) is 0 Å². The molecule has 100 valence electrons. The predicted molar refractivity (Wildman–Crippen MR) is 62.8 cm³/mol. The number of halogens is 4. The molecule has 1 N–H and O–H groups in total. The third-order valence-electron chi connectivity index (χ3n) is 1.88. The maximum Gasteiger partial charge on any atom is 0.261 e. The molecule has 1 aromatic rings. The Hall–Kier alpha value is -0.920. The lowest BCUT2D eigenvalue weighted by molar-refractivity contribution is 0.0891. The van der Waals surface area contributed by atoms with Crippen molar-refractivity contribution in [1.82, 2.24) is 5.32 Å². The van der Waals surface area contributed by atoms with Crippen LogP contribution < -0.4 is 5.32 Å². The Bertz CT molecular complexity index is 563. The molecule has 0 radical (unpaired) electrons. The first kappa shape index (κ1) is 15.1. The molecule has 0 atom stereocenters. The Balaban J connectivity index is 3.05. The van der Waals surface area contributed by atoms with Crippen molar-refractivity contribution in [2.75, 3.05) is 6.54 Å². The van der Waals surface area contributed by atoms with E-state index in [1.807, 2.05) is 5.32 Å². The monoisotopic (exact) mass is 317 g/mol. The predicted octanol–water partition coefficient (Wildman–Crippen LogP) is 2.26. The fourth-order valence-corrected chi connectivity index (χ4v) is 2.08. The first-order valence-electron chi connectivity index (χ1n) is 4.52. The Labute approximate surface area is 111 Å². The van der Waals surface area contributed by atoms with E-state index in [0.717, 1.165) is 18.2 Å². The van der Waals surface area contributed by atoms with Crippen molar-refractivity contribution >= 4 is 37.2 Å². The van der Waals surface area contributed by atoms with E-state index < -0.39 is 27.9 Å². The van der Waals surface area contributed by atoms with E-state index in [-0.39, 0.29) is 15.5 Å². The molecular formula is C9H7Cl2F2NO3S. The molecule has 0 heterocycles. The van der Waals surface area contributed by atoms with Gasteiger partial charge in [0.05, 0.1) is 22.0 Å². The summed E-state index contributed by atoms with van der Waals surface area (Å²) in [4.78, 5) is 11.1. The highest BCUT2D eigenvalue weighted by atomic mass is 35.7. The van der Waals surface area contributed by atoms with Crippen molar-refractivity contribution < 1.29 is 22.0 Å². The molecule has 18 heavy (non-hydrogen) atoms. The van der Waals surface area contributed by atoms with Crippen LogP contribution in [0.15, 0.2) is 23.1 Å². The standard InChI is InChI=1S/C9H7Cl2F2NO3S/c10-7-2-1-5(18(11,16)17)3-6(7)9(15)14-4-8(12)13/h1-3,8H,4H2,(H,14,15). The molecular weight excluding hydrogens is 311 g/mol. The molecule has 0 fully saturated rings. The molecule has 1 amide bonds. The highest BCUT2D eigenvalue weighted by molar-refractivity contribution is 8.13. The van der Waals surface area contributed by atoms with E-state index in [1.165, 1.54) is 0 Å². The average Bonchev–Trinajstić information content (AvgIpc) is 2.24.